The maximum Gasteiger partial charge on any atom is 0.312 e. The van der Waals surface area contributed by atoms with Crippen molar-refractivity contribution >= 4 is 17.6 Å². The first kappa shape index (κ1) is 21.6. The molecular weight excluding hydrogens is 390 g/mol. The Morgan fingerprint density at radius 2 is 1.86 bits per heavy atom. The number of rotatable bonds is 8. The van der Waals surface area contributed by atoms with Crippen molar-refractivity contribution in [3.8, 4) is 5.75 Å². The summed E-state index contributed by atoms with van der Waals surface area (Å²) in [7, 11) is 1.35. The minimum Gasteiger partial charge on any atom is -0.489 e. The maximum atomic E-state index is 12.5. The summed E-state index contributed by atoms with van der Waals surface area (Å²) in [5.41, 5.74) is 1.52. The molecule has 1 N–H and O–H groups in total. The second kappa shape index (κ2) is 10.6. The summed E-state index contributed by atoms with van der Waals surface area (Å²) in [4.78, 5) is 14.7. The molecule has 1 saturated heterocycles. The summed E-state index contributed by atoms with van der Waals surface area (Å²) in [6.45, 7) is 2.65. The van der Waals surface area contributed by atoms with E-state index in [1.165, 1.54) is 13.5 Å². The highest BCUT2D eigenvalue weighted by atomic mass is 35.5. The van der Waals surface area contributed by atoms with E-state index in [1.54, 1.807) is 18.2 Å². The quantitative estimate of drug-likeness (QED) is 0.651. The minimum atomic E-state index is -1.08. The SMILES string of the molecule is COC(=O)C(CN1CCCCC1)C(O)c1cc(Cl)ccc1OCc1ccccc1. The molecule has 0 amide bonds. The standard InChI is InChI=1S/C23H28ClNO4/c1-28-23(27)20(15-25-12-6-3-7-13-25)22(26)19-14-18(24)10-11-21(19)29-16-17-8-4-2-5-9-17/h2,4-5,8-11,14,20,22,26H,3,6-7,12-13,15-16H2,1H3. The van der Waals surface area contributed by atoms with Crippen molar-refractivity contribution in [2.24, 2.45) is 5.92 Å². The fourth-order valence-electron chi connectivity index (χ4n) is 3.71. The van der Waals surface area contributed by atoms with E-state index in [9.17, 15) is 9.90 Å². The van der Waals surface area contributed by atoms with Gasteiger partial charge in [-0.15, -0.1) is 0 Å². The van der Waals surface area contributed by atoms with Crippen LogP contribution in [0, 0.1) is 5.92 Å². The lowest BCUT2D eigenvalue weighted by atomic mass is 9.93. The van der Waals surface area contributed by atoms with E-state index in [1.807, 2.05) is 30.3 Å². The lowest BCUT2D eigenvalue weighted by Gasteiger charge is -2.31. The Bertz CT molecular complexity index is 793. The molecule has 0 saturated carbocycles. The van der Waals surface area contributed by atoms with Crippen molar-refractivity contribution in [3.05, 3.63) is 64.7 Å². The average molecular weight is 418 g/mol. The third kappa shape index (κ3) is 5.95. The van der Waals surface area contributed by atoms with Crippen molar-refractivity contribution in [3.63, 3.8) is 0 Å². The minimum absolute atomic E-state index is 0.358. The summed E-state index contributed by atoms with van der Waals surface area (Å²) in [6.07, 6.45) is 2.33. The van der Waals surface area contributed by atoms with Gasteiger partial charge < -0.3 is 19.5 Å². The number of esters is 1. The zero-order valence-corrected chi connectivity index (χ0v) is 17.5. The third-order valence-corrected chi connectivity index (χ3v) is 5.55. The molecule has 0 radical (unpaired) electrons. The number of methoxy groups -OCH3 is 1. The van der Waals surface area contributed by atoms with Gasteiger partial charge in [-0.1, -0.05) is 48.4 Å². The van der Waals surface area contributed by atoms with Gasteiger partial charge in [-0.25, -0.2) is 0 Å². The van der Waals surface area contributed by atoms with Crippen LogP contribution >= 0.6 is 11.6 Å². The van der Waals surface area contributed by atoms with Gasteiger partial charge in [0.15, 0.2) is 0 Å². The van der Waals surface area contributed by atoms with Gasteiger partial charge in [0.05, 0.1) is 19.1 Å². The van der Waals surface area contributed by atoms with Crippen molar-refractivity contribution in [2.75, 3.05) is 26.7 Å². The molecule has 1 heterocycles. The molecule has 156 valence electrons. The van der Waals surface area contributed by atoms with Crippen LogP contribution in [0.3, 0.4) is 0 Å². The van der Waals surface area contributed by atoms with Crippen molar-refractivity contribution in [2.45, 2.75) is 32.0 Å². The molecule has 29 heavy (non-hydrogen) atoms. The van der Waals surface area contributed by atoms with Gasteiger partial charge in [-0.3, -0.25) is 4.79 Å². The molecule has 2 aromatic carbocycles. The summed E-state index contributed by atoms with van der Waals surface area (Å²) in [5.74, 6) is -0.633. The molecular formula is C23H28ClNO4. The van der Waals surface area contributed by atoms with Gasteiger partial charge >= 0.3 is 5.97 Å². The number of carbonyl (C=O) groups is 1. The first-order chi connectivity index (χ1) is 14.1. The number of nitrogens with zero attached hydrogens (tertiary/aromatic N) is 1. The molecule has 1 aliphatic heterocycles. The van der Waals surface area contributed by atoms with Crippen LogP contribution in [0.15, 0.2) is 48.5 Å². The van der Waals surface area contributed by atoms with Gasteiger partial charge in [0, 0.05) is 17.1 Å². The van der Waals surface area contributed by atoms with Crippen LogP contribution < -0.4 is 4.74 Å². The number of aliphatic hydroxyl groups is 1. The number of hydrogen-bond donors (Lipinski definition) is 1. The Labute approximate surface area is 177 Å². The van der Waals surface area contributed by atoms with Crippen molar-refractivity contribution in [1.82, 2.24) is 4.90 Å². The predicted octanol–water partition coefficient (Wildman–Crippen LogP) is 4.23. The second-order valence-corrected chi connectivity index (χ2v) is 7.83. The number of hydrogen-bond acceptors (Lipinski definition) is 5. The second-order valence-electron chi connectivity index (χ2n) is 7.39. The molecule has 1 aliphatic rings. The Balaban J connectivity index is 1.81. The summed E-state index contributed by atoms with van der Waals surface area (Å²) in [5, 5.41) is 11.6. The number of carbonyl (C=O) groups excluding carboxylic acids is 1. The zero-order chi connectivity index (χ0) is 20.6. The number of likely N-dealkylation sites (tertiary alicyclic amines) is 1. The van der Waals surface area contributed by atoms with Crippen LogP contribution in [0.2, 0.25) is 5.02 Å². The highest BCUT2D eigenvalue weighted by Crippen LogP contribution is 2.34. The van der Waals surface area contributed by atoms with Gasteiger partial charge in [0.25, 0.3) is 0 Å². The summed E-state index contributed by atoms with van der Waals surface area (Å²) < 4.78 is 11.0. The Hall–Kier alpha value is -2.08. The molecule has 2 aromatic rings. The van der Waals surface area contributed by atoms with Crippen LogP contribution in [-0.2, 0) is 16.1 Å². The van der Waals surface area contributed by atoms with Crippen LogP contribution in [0.25, 0.3) is 0 Å². The van der Waals surface area contributed by atoms with Gasteiger partial charge in [0.2, 0.25) is 0 Å². The van der Waals surface area contributed by atoms with Gasteiger partial charge in [-0.05, 0) is 49.7 Å². The van der Waals surface area contributed by atoms with Gasteiger partial charge in [-0.2, -0.15) is 0 Å². The molecule has 5 nitrogen and oxygen atoms in total. The van der Waals surface area contributed by atoms with E-state index in [4.69, 9.17) is 21.1 Å². The highest BCUT2D eigenvalue weighted by molar-refractivity contribution is 6.30. The van der Waals surface area contributed by atoms with E-state index >= 15 is 0 Å². The number of aliphatic hydroxyl groups excluding tert-OH is 1. The Morgan fingerprint density at radius 1 is 1.14 bits per heavy atom. The monoisotopic (exact) mass is 417 g/mol. The first-order valence-electron chi connectivity index (χ1n) is 10.0. The van der Waals surface area contributed by atoms with Crippen LogP contribution in [0.1, 0.15) is 36.5 Å². The van der Waals surface area contributed by atoms with Crippen molar-refractivity contribution in [1.29, 1.82) is 0 Å². The fraction of sp³-hybridized carbons (Fsp3) is 0.435. The molecule has 0 bridgehead atoms. The number of piperidine rings is 1. The zero-order valence-electron chi connectivity index (χ0n) is 16.7. The lowest BCUT2D eigenvalue weighted by Crippen LogP contribution is -2.39. The molecule has 3 rings (SSSR count). The Kier molecular flexibility index (Phi) is 7.92. The van der Waals surface area contributed by atoms with Crippen LogP contribution in [0.5, 0.6) is 5.75 Å². The maximum absolute atomic E-state index is 12.5. The molecule has 6 heteroatoms. The molecule has 1 fully saturated rings. The topological polar surface area (TPSA) is 59.0 Å². The first-order valence-corrected chi connectivity index (χ1v) is 10.4. The van der Waals surface area contributed by atoms with Crippen LogP contribution in [0.4, 0.5) is 0 Å². The fourth-order valence-corrected chi connectivity index (χ4v) is 3.89. The van der Waals surface area contributed by atoms with Crippen LogP contribution in [-0.4, -0.2) is 42.7 Å². The molecule has 0 aromatic heterocycles. The largest absolute Gasteiger partial charge is 0.489 e. The van der Waals surface area contributed by atoms with E-state index in [0.29, 0.717) is 29.5 Å². The van der Waals surface area contributed by atoms with E-state index in [0.717, 1.165) is 31.5 Å². The molecule has 0 spiro atoms. The third-order valence-electron chi connectivity index (χ3n) is 5.32. The molecule has 0 aliphatic carbocycles. The van der Waals surface area contributed by atoms with E-state index in [2.05, 4.69) is 4.90 Å². The highest BCUT2D eigenvalue weighted by Gasteiger charge is 2.33. The van der Waals surface area contributed by atoms with E-state index in [-0.39, 0.29) is 0 Å². The predicted molar refractivity (Wildman–Crippen MR) is 113 cm³/mol. The normalized spacial score (nSPS) is 16.8. The Morgan fingerprint density at radius 3 is 2.55 bits per heavy atom. The summed E-state index contributed by atoms with van der Waals surface area (Å²) >= 11 is 6.19. The number of ether oxygens (including phenoxy) is 2. The molecule has 2 unspecified atom stereocenters. The van der Waals surface area contributed by atoms with E-state index < -0.39 is 18.0 Å². The summed E-state index contributed by atoms with van der Waals surface area (Å²) in [6, 6.07) is 14.9. The van der Waals surface area contributed by atoms with Crippen molar-refractivity contribution < 1.29 is 19.4 Å². The number of halogens is 1. The average Bonchev–Trinajstić information content (AvgIpc) is 2.77. The van der Waals surface area contributed by atoms with Gasteiger partial charge in [0.1, 0.15) is 12.4 Å². The smallest absolute Gasteiger partial charge is 0.312 e. The molecule has 2 atom stereocenters. The lowest BCUT2D eigenvalue weighted by molar-refractivity contribution is -0.150. The number of benzene rings is 2.